The molecule has 0 fully saturated rings. The minimum Gasteiger partial charge on any atom is -0.436 e. The van der Waals surface area contributed by atoms with E-state index in [9.17, 15) is 4.79 Å². The van der Waals surface area contributed by atoms with Crippen molar-refractivity contribution < 1.29 is 9.21 Å². The zero-order chi connectivity index (χ0) is 14.1. The molecule has 3 aromatic rings. The van der Waals surface area contributed by atoms with Crippen LogP contribution in [0.15, 0.2) is 46.9 Å². The second-order valence-corrected chi connectivity index (χ2v) is 4.62. The van der Waals surface area contributed by atoms with E-state index in [4.69, 9.17) is 21.9 Å². The number of benzene rings is 2. The molecule has 0 spiro atoms. The van der Waals surface area contributed by atoms with Gasteiger partial charge in [0.25, 0.3) is 5.91 Å². The third-order valence-corrected chi connectivity index (χ3v) is 3.09. The van der Waals surface area contributed by atoms with E-state index in [1.54, 1.807) is 30.3 Å². The number of nitrogens with one attached hydrogen (secondary N) is 1. The quantitative estimate of drug-likeness (QED) is 0.431. The molecule has 20 heavy (non-hydrogen) atoms. The molecule has 100 valence electrons. The Kier molecular flexibility index (Phi) is 3.14. The van der Waals surface area contributed by atoms with Gasteiger partial charge in [-0.05, 0) is 36.4 Å². The number of nitrogens with zero attached hydrogens (tertiary/aromatic N) is 1. The number of carbonyl (C=O) groups excluding carboxylic acids is 1. The van der Waals surface area contributed by atoms with Crippen LogP contribution in [0.2, 0.25) is 5.02 Å². The van der Waals surface area contributed by atoms with Gasteiger partial charge in [0.2, 0.25) is 5.89 Å². The lowest BCUT2D eigenvalue weighted by atomic mass is 10.2. The van der Waals surface area contributed by atoms with E-state index in [2.05, 4.69) is 10.4 Å². The number of hydrogen-bond acceptors (Lipinski definition) is 4. The number of fused-ring (bicyclic) bond motifs is 1. The van der Waals surface area contributed by atoms with Gasteiger partial charge in [0.1, 0.15) is 5.52 Å². The van der Waals surface area contributed by atoms with Gasteiger partial charge in [-0.1, -0.05) is 17.7 Å². The first-order valence-electron chi connectivity index (χ1n) is 5.85. The van der Waals surface area contributed by atoms with E-state index >= 15 is 0 Å². The molecule has 0 atom stereocenters. The lowest BCUT2D eigenvalue weighted by molar-refractivity contribution is 0.0954. The smallest absolute Gasteiger partial charge is 0.265 e. The first-order chi connectivity index (χ1) is 9.67. The molecule has 1 heterocycles. The molecule has 0 aliphatic rings. The molecule has 1 amide bonds. The number of halogens is 1. The average Bonchev–Trinajstić information content (AvgIpc) is 2.89. The lowest BCUT2D eigenvalue weighted by Gasteiger charge is -1.97. The minimum atomic E-state index is -0.376. The fraction of sp³-hybridized carbons (Fsp3) is 0. The zero-order valence-electron chi connectivity index (χ0n) is 10.3. The summed E-state index contributed by atoms with van der Waals surface area (Å²) in [4.78, 5) is 15.8. The highest BCUT2D eigenvalue weighted by Crippen LogP contribution is 2.26. The molecule has 1 aromatic heterocycles. The van der Waals surface area contributed by atoms with Crippen LogP contribution in [0.3, 0.4) is 0 Å². The van der Waals surface area contributed by atoms with Crippen molar-refractivity contribution in [3.05, 3.63) is 53.1 Å². The maximum atomic E-state index is 11.5. The second-order valence-electron chi connectivity index (χ2n) is 4.19. The second kappa shape index (κ2) is 4.96. The predicted molar refractivity (Wildman–Crippen MR) is 76.1 cm³/mol. The molecule has 0 aliphatic heterocycles. The zero-order valence-corrected chi connectivity index (χ0v) is 11.0. The molecule has 0 saturated heterocycles. The van der Waals surface area contributed by atoms with Gasteiger partial charge in [-0.25, -0.2) is 10.8 Å². The van der Waals surface area contributed by atoms with E-state index in [1.165, 1.54) is 0 Å². The monoisotopic (exact) mass is 287 g/mol. The molecule has 6 heteroatoms. The van der Waals surface area contributed by atoms with E-state index < -0.39 is 0 Å². The standard InChI is InChI=1S/C14H10ClN3O2/c15-10-3-1-2-9(6-10)14-17-11-7-8(13(19)18-16)4-5-12(11)20-14/h1-7H,16H2,(H,18,19). The summed E-state index contributed by atoms with van der Waals surface area (Å²) in [5.74, 6) is 5.18. The van der Waals surface area contributed by atoms with Crippen LogP contribution in [-0.4, -0.2) is 10.9 Å². The molecule has 0 radical (unpaired) electrons. The van der Waals surface area contributed by atoms with Crippen LogP contribution in [0, 0.1) is 0 Å². The van der Waals surface area contributed by atoms with E-state index in [0.29, 0.717) is 27.6 Å². The van der Waals surface area contributed by atoms with Crippen LogP contribution < -0.4 is 11.3 Å². The number of hydrogen-bond donors (Lipinski definition) is 2. The van der Waals surface area contributed by atoms with E-state index in [1.807, 2.05) is 12.1 Å². The number of nitrogen functional groups attached to an aromatic ring is 1. The topological polar surface area (TPSA) is 81.1 Å². The van der Waals surface area contributed by atoms with Gasteiger partial charge < -0.3 is 4.42 Å². The van der Waals surface area contributed by atoms with Crippen molar-refractivity contribution in [1.29, 1.82) is 0 Å². The van der Waals surface area contributed by atoms with Gasteiger partial charge >= 0.3 is 0 Å². The van der Waals surface area contributed by atoms with Crippen LogP contribution in [0.25, 0.3) is 22.6 Å². The maximum Gasteiger partial charge on any atom is 0.265 e. The Morgan fingerprint density at radius 3 is 2.85 bits per heavy atom. The highest BCUT2D eigenvalue weighted by atomic mass is 35.5. The van der Waals surface area contributed by atoms with Crippen molar-refractivity contribution in [2.24, 2.45) is 5.84 Å². The summed E-state index contributed by atoms with van der Waals surface area (Å²) in [7, 11) is 0. The van der Waals surface area contributed by atoms with Crippen molar-refractivity contribution in [3.63, 3.8) is 0 Å². The fourth-order valence-corrected chi connectivity index (χ4v) is 2.09. The number of hydrazine groups is 1. The summed E-state index contributed by atoms with van der Waals surface area (Å²) in [5, 5.41) is 0.605. The normalized spacial score (nSPS) is 10.7. The van der Waals surface area contributed by atoms with Crippen molar-refractivity contribution in [1.82, 2.24) is 10.4 Å². The molecule has 3 rings (SSSR count). The molecule has 0 unspecified atom stereocenters. The molecule has 0 saturated carbocycles. The molecular formula is C14H10ClN3O2. The average molecular weight is 288 g/mol. The SMILES string of the molecule is NNC(=O)c1ccc2oc(-c3cccc(Cl)c3)nc2c1. The third-order valence-electron chi connectivity index (χ3n) is 2.85. The first-order valence-corrected chi connectivity index (χ1v) is 6.22. The Bertz CT molecular complexity index is 798. The van der Waals surface area contributed by atoms with Gasteiger partial charge in [-0.3, -0.25) is 10.2 Å². The van der Waals surface area contributed by atoms with Gasteiger partial charge in [0.05, 0.1) is 0 Å². The first kappa shape index (κ1) is 12.7. The number of nitrogens with two attached hydrogens (primary N) is 1. The summed E-state index contributed by atoms with van der Waals surface area (Å²) in [5.41, 5.74) is 4.45. The largest absolute Gasteiger partial charge is 0.436 e. The Hall–Kier alpha value is -2.37. The fourth-order valence-electron chi connectivity index (χ4n) is 1.90. The summed E-state index contributed by atoms with van der Waals surface area (Å²) in [6, 6.07) is 12.1. The molecule has 5 nitrogen and oxygen atoms in total. The van der Waals surface area contributed by atoms with Crippen LogP contribution >= 0.6 is 11.6 Å². The Balaban J connectivity index is 2.09. The third kappa shape index (κ3) is 2.24. The van der Waals surface area contributed by atoms with Gasteiger partial charge in [0, 0.05) is 16.1 Å². The maximum absolute atomic E-state index is 11.5. The van der Waals surface area contributed by atoms with E-state index in [-0.39, 0.29) is 5.91 Å². The predicted octanol–water partition coefficient (Wildman–Crippen LogP) is 2.75. The highest BCUT2D eigenvalue weighted by molar-refractivity contribution is 6.30. The summed E-state index contributed by atoms with van der Waals surface area (Å²) < 4.78 is 5.64. The number of carbonyl (C=O) groups is 1. The van der Waals surface area contributed by atoms with Crippen molar-refractivity contribution in [2.75, 3.05) is 0 Å². The molecule has 0 bridgehead atoms. The Morgan fingerprint density at radius 2 is 2.10 bits per heavy atom. The van der Waals surface area contributed by atoms with Gasteiger partial charge in [-0.15, -0.1) is 0 Å². The molecule has 0 aliphatic carbocycles. The van der Waals surface area contributed by atoms with Crippen molar-refractivity contribution in [2.45, 2.75) is 0 Å². The number of amides is 1. The number of aromatic nitrogens is 1. The molecule has 2 aromatic carbocycles. The van der Waals surface area contributed by atoms with Gasteiger partial charge in [-0.2, -0.15) is 0 Å². The van der Waals surface area contributed by atoms with Crippen LogP contribution in [-0.2, 0) is 0 Å². The molecular weight excluding hydrogens is 278 g/mol. The minimum absolute atomic E-state index is 0.376. The van der Waals surface area contributed by atoms with Crippen LogP contribution in [0.4, 0.5) is 0 Å². The highest BCUT2D eigenvalue weighted by Gasteiger charge is 2.11. The summed E-state index contributed by atoms with van der Waals surface area (Å²) >= 11 is 5.94. The Morgan fingerprint density at radius 1 is 1.25 bits per heavy atom. The van der Waals surface area contributed by atoms with E-state index in [0.717, 1.165) is 5.56 Å². The number of oxazole rings is 1. The molecule has 3 N–H and O–H groups in total. The summed E-state index contributed by atoms with van der Waals surface area (Å²) in [6.45, 7) is 0. The van der Waals surface area contributed by atoms with Crippen LogP contribution in [0.5, 0.6) is 0 Å². The Labute approximate surface area is 119 Å². The van der Waals surface area contributed by atoms with Gasteiger partial charge in [0.15, 0.2) is 5.58 Å². The van der Waals surface area contributed by atoms with Crippen LogP contribution in [0.1, 0.15) is 10.4 Å². The van der Waals surface area contributed by atoms with Crippen molar-refractivity contribution >= 4 is 28.6 Å². The lowest BCUT2D eigenvalue weighted by Crippen LogP contribution is -2.29. The van der Waals surface area contributed by atoms with Crippen molar-refractivity contribution in [3.8, 4) is 11.5 Å². The summed E-state index contributed by atoms with van der Waals surface area (Å²) in [6.07, 6.45) is 0. The number of rotatable bonds is 2.